The smallest absolute Gasteiger partial charge is 0.258 e. The summed E-state index contributed by atoms with van der Waals surface area (Å²) >= 11 is 5.83. The van der Waals surface area contributed by atoms with Crippen LogP contribution in [0, 0.1) is 0 Å². The van der Waals surface area contributed by atoms with Crippen LogP contribution >= 0.6 is 11.6 Å². The lowest BCUT2D eigenvalue weighted by atomic mass is 10.2. The number of carbonyl (C=O) groups excluding carboxylic acids is 1. The number of hydrogen-bond acceptors (Lipinski definition) is 2. The van der Waals surface area contributed by atoms with Crippen molar-refractivity contribution in [3.05, 3.63) is 23.1 Å². The Kier molecular flexibility index (Phi) is 5.56. The van der Waals surface area contributed by atoms with Gasteiger partial charge in [0.1, 0.15) is 0 Å². The normalized spacial score (nSPS) is 10.9. The fraction of sp³-hybridized carbons (Fsp3) is 0.615. The van der Waals surface area contributed by atoms with Gasteiger partial charge in [-0.1, -0.05) is 19.8 Å². The van der Waals surface area contributed by atoms with E-state index in [0.29, 0.717) is 5.56 Å². The Morgan fingerprint density at radius 3 is 2.65 bits per heavy atom. The molecule has 3 nitrogen and oxygen atoms in total. The van der Waals surface area contributed by atoms with Crippen LogP contribution in [0.1, 0.15) is 50.4 Å². The van der Waals surface area contributed by atoms with Crippen molar-refractivity contribution in [2.45, 2.75) is 46.1 Å². The minimum absolute atomic E-state index is 0.0464. The second kappa shape index (κ2) is 6.70. The summed E-state index contributed by atoms with van der Waals surface area (Å²) in [5.74, 6) is -0.0464. The predicted molar refractivity (Wildman–Crippen MR) is 69.4 cm³/mol. The van der Waals surface area contributed by atoms with E-state index >= 15 is 0 Å². The predicted octanol–water partition coefficient (Wildman–Crippen LogP) is 3.97. The Bertz CT molecular complexity index is 360. The highest BCUT2D eigenvalue weighted by Gasteiger charge is 2.21. The molecular formula is C13H20ClNO2. The summed E-state index contributed by atoms with van der Waals surface area (Å²) in [6.45, 7) is 6.94. The molecule has 0 bridgehead atoms. The molecule has 0 aliphatic carbocycles. The average Bonchev–Trinajstić information content (AvgIpc) is 2.69. The van der Waals surface area contributed by atoms with E-state index in [2.05, 4.69) is 6.92 Å². The third kappa shape index (κ3) is 3.77. The van der Waals surface area contributed by atoms with Gasteiger partial charge in [-0.25, -0.2) is 0 Å². The minimum Gasteiger partial charge on any atom is -0.452 e. The fourth-order valence-corrected chi connectivity index (χ4v) is 1.92. The summed E-state index contributed by atoms with van der Waals surface area (Å²) in [6, 6.07) is 1.80. The summed E-state index contributed by atoms with van der Waals surface area (Å²) < 4.78 is 4.96. The van der Waals surface area contributed by atoms with E-state index < -0.39 is 0 Å². The van der Waals surface area contributed by atoms with E-state index in [4.69, 9.17) is 16.0 Å². The molecule has 0 N–H and O–H groups in total. The molecule has 1 rings (SSSR count). The van der Waals surface area contributed by atoms with Crippen molar-refractivity contribution in [2.24, 2.45) is 0 Å². The maximum Gasteiger partial charge on any atom is 0.258 e. The van der Waals surface area contributed by atoms with Crippen LogP contribution in [0.15, 0.2) is 16.7 Å². The first-order chi connectivity index (χ1) is 8.07. The molecule has 4 heteroatoms. The van der Waals surface area contributed by atoms with Gasteiger partial charge in [-0.15, -0.1) is 0 Å². The Balaban J connectivity index is 2.71. The molecule has 17 heavy (non-hydrogen) atoms. The van der Waals surface area contributed by atoms with Crippen LogP contribution in [0.5, 0.6) is 0 Å². The first-order valence-corrected chi connectivity index (χ1v) is 6.49. The molecule has 1 amide bonds. The lowest BCUT2D eigenvalue weighted by molar-refractivity contribution is 0.0702. The molecule has 0 saturated carbocycles. The zero-order chi connectivity index (χ0) is 12.8. The lowest BCUT2D eigenvalue weighted by Crippen LogP contribution is -2.37. The summed E-state index contributed by atoms with van der Waals surface area (Å²) in [5, 5.41) is 0.177. The van der Waals surface area contributed by atoms with Gasteiger partial charge in [0.2, 0.25) is 5.22 Å². The van der Waals surface area contributed by atoms with Crippen LogP contribution in [0.2, 0.25) is 5.22 Å². The Morgan fingerprint density at radius 1 is 1.47 bits per heavy atom. The van der Waals surface area contributed by atoms with Gasteiger partial charge in [-0.2, -0.15) is 0 Å². The van der Waals surface area contributed by atoms with E-state index in [9.17, 15) is 4.79 Å². The van der Waals surface area contributed by atoms with Crippen LogP contribution < -0.4 is 0 Å². The van der Waals surface area contributed by atoms with Gasteiger partial charge >= 0.3 is 0 Å². The molecule has 0 aromatic carbocycles. The number of halogens is 1. The molecule has 0 radical (unpaired) electrons. The first kappa shape index (κ1) is 14.1. The number of furan rings is 1. The van der Waals surface area contributed by atoms with E-state index in [1.807, 2.05) is 18.7 Å². The van der Waals surface area contributed by atoms with Gasteiger partial charge in [0.05, 0.1) is 11.8 Å². The minimum atomic E-state index is -0.0464. The second-order valence-electron chi connectivity index (χ2n) is 4.41. The lowest BCUT2D eigenvalue weighted by Gasteiger charge is -2.26. The van der Waals surface area contributed by atoms with Crippen LogP contribution in [0.3, 0.4) is 0 Å². The van der Waals surface area contributed by atoms with Crippen LogP contribution in [0.25, 0.3) is 0 Å². The monoisotopic (exact) mass is 257 g/mol. The SMILES string of the molecule is CCCCCN(C(=O)c1ccoc1Cl)C(C)C. The van der Waals surface area contributed by atoms with Gasteiger partial charge in [0, 0.05) is 12.6 Å². The highest BCUT2D eigenvalue weighted by molar-refractivity contribution is 6.32. The Hall–Kier alpha value is -0.960. The van der Waals surface area contributed by atoms with Crippen LogP contribution in [-0.4, -0.2) is 23.4 Å². The molecule has 0 aliphatic rings. The van der Waals surface area contributed by atoms with Gasteiger partial charge in [0.15, 0.2) is 0 Å². The first-order valence-electron chi connectivity index (χ1n) is 6.11. The third-order valence-electron chi connectivity index (χ3n) is 2.74. The highest BCUT2D eigenvalue weighted by Crippen LogP contribution is 2.20. The standard InChI is InChI=1S/C13H20ClNO2/c1-4-5-6-8-15(10(2)3)13(16)11-7-9-17-12(11)14/h7,9-10H,4-6,8H2,1-3H3. The number of amides is 1. The molecule has 1 aromatic rings. The Morgan fingerprint density at radius 2 is 2.18 bits per heavy atom. The molecule has 96 valence electrons. The topological polar surface area (TPSA) is 33.5 Å². The van der Waals surface area contributed by atoms with E-state index in [1.54, 1.807) is 6.07 Å². The number of unbranched alkanes of at least 4 members (excludes halogenated alkanes) is 2. The summed E-state index contributed by atoms with van der Waals surface area (Å²) in [6.07, 6.45) is 4.75. The maximum atomic E-state index is 12.2. The van der Waals surface area contributed by atoms with Gasteiger partial charge < -0.3 is 9.32 Å². The van der Waals surface area contributed by atoms with Crippen molar-refractivity contribution in [3.8, 4) is 0 Å². The quantitative estimate of drug-likeness (QED) is 0.723. The second-order valence-corrected chi connectivity index (χ2v) is 4.75. The molecule has 0 aliphatic heterocycles. The number of rotatable bonds is 6. The van der Waals surface area contributed by atoms with E-state index in [-0.39, 0.29) is 17.2 Å². The summed E-state index contributed by atoms with van der Waals surface area (Å²) in [7, 11) is 0. The number of hydrogen-bond donors (Lipinski definition) is 0. The largest absolute Gasteiger partial charge is 0.452 e. The van der Waals surface area contributed by atoms with Crippen molar-refractivity contribution in [1.29, 1.82) is 0 Å². The number of nitrogens with zero attached hydrogens (tertiary/aromatic N) is 1. The van der Waals surface area contributed by atoms with Crippen molar-refractivity contribution in [3.63, 3.8) is 0 Å². The molecule has 1 aromatic heterocycles. The summed E-state index contributed by atoms with van der Waals surface area (Å²) in [4.78, 5) is 14.1. The molecule has 1 heterocycles. The maximum absolute atomic E-state index is 12.2. The number of carbonyl (C=O) groups is 1. The van der Waals surface area contributed by atoms with Crippen LogP contribution in [0.4, 0.5) is 0 Å². The molecule has 0 fully saturated rings. The fourth-order valence-electron chi connectivity index (χ4n) is 1.73. The molecule has 0 unspecified atom stereocenters. The van der Waals surface area contributed by atoms with Crippen molar-refractivity contribution < 1.29 is 9.21 Å². The molecule has 0 spiro atoms. The average molecular weight is 258 g/mol. The Labute approximate surface area is 108 Å². The highest BCUT2D eigenvalue weighted by atomic mass is 35.5. The van der Waals surface area contributed by atoms with Crippen molar-refractivity contribution >= 4 is 17.5 Å². The van der Waals surface area contributed by atoms with Crippen LogP contribution in [-0.2, 0) is 0 Å². The molecular weight excluding hydrogens is 238 g/mol. The van der Waals surface area contributed by atoms with Crippen molar-refractivity contribution in [2.75, 3.05) is 6.54 Å². The van der Waals surface area contributed by atoms with Crippen molar-refractivity contribution in [1.82, 2.24) is 4.90 Å². The third-order valence-corrected chi connectivity index (χ3v) is 3.03. The van der Waals surface area contributed by atoms with Gasteiger partial charge in [-0.3, -0.25) is 4.79 Å². The zero-order valence-electron chi connectivity index (χ0n) is 10.7. The van der Waals surface area contributed by atoms with Gasteiger partial charge in [-0.05, 0) is 37.9 Å². The van der Waals surface area contributed by atoms with E-state index in [0.717, 1.165) is 25.8 Å². The molecule has 0 saturated heterocycles. The molecule has 0 atom stereocenters. The summed E-state index contributed by atoms with van der Waals surface area (Å²) in [5.41, 5.74) is 0.455. The van der Waals surface area contributed by atoms with Gasteiger partial charge in [0.25, 0.3) is 5.91 Å². The van der Waals surface area contributed by atoms with E-state index in [1.165, 1.54) is 6.26 Å². The zero-order valence-corrected chi connectivity index (χ0v) is 11.5.